The summed E-state index contributed by atoms with van der Waals surface area (Å²) in [4.78, 5) is 14.2. The number of carbonyl (C=O) groups excluding carboxylic acids is 1. The average Bonchev–Trinajstić information content (AvgIpc) is 2.82. The first-order valence-corrected chi connectivity index (χ1v) is 5.41. The van der Waals surface area contributed by atoms with Gasteiger partial charge >= 0.3 is 0 Å². The van der Waals surface area contributed by atoms with E-state index in [9.17, 15) is 4.79 Å². The molecule has 2 saturated heterocycles. The molecule has 0 aromatic rings. The van der Waals surface area contributed by atoms with Gasteiger partial charge in [0.1, 0.15) is 0 Å². The van der Waals surface area contributed by atoms with Crippen LogP contribution in [0.2, 0.25) is 0 Å². The van der Waals surface area contributed by atoms with E-state index in [1.165, 1.54) is 0 Å². The molecule has 2 atom stereocenters. The molecule has 3 aliphatic rings. The highest BCUT2D eigenvalue weighted by Gasteiger charge is 2.63. The smallest absolute Gasteiger partial charge is 0.230 e. The van der Waals surface area contributed by atoms with E-state index in [2.05, 4.69) is 5.32 Å². The topological polar surface area (TPSA) is 41.6 Å². The minimum atomic E-state index is -0.00264. The first-order valence-electron chi connectivity index (χ1n) is 5.41. The number of amides is 1. The van der Waals surface area contributed by atoms with Crippen LogP contribution in [0.15, 0.2) is 0 Å². The first kappa shape index (κ1) is 8.68. The van der Waals surface area contributed by atoms with Crippen LogP contribution in [0.3, 0.4) is 0 Å². The summed E-state index contributed by atoms with van der Waals surface area (Å²) in [7, 11) is 0. The van der Waals surface area contributed by atoms with Gasteiger partial charge in [-0.3, -0.25) is 4.79 Å². The van der Waals surface area contributed by atoms with E-state index < -0.39 is 0 Å². The lowest BCUT2D eigenvalue weighted by molar-refractivity contribution is -0.140. The van der Waals surface area contributed by atoms with Gasteiger partial charge < -0.3 is 15.0 Å². The third-order valence-electron chi connectivity index (χ3n) is 3.79. The van der Waals surface area contributed by atoms with Crippen molar-refractivity contribution in [1.29, 1.82) is 0 Å². The van der Waals surface area contributed by atoms with E-state index in [1.807, 2.05) is 4.90 Å². The van der Waals surface area contributed by atoms with Crippen LogP contribution in [0, 0.1) is 11.3 Å². The maximum Gasteiger partial charge on any atom is 0.230 e. The van der Waals surface area contributed by atoms with Crippen LogP contribution in [-0.4, -0.2) is 50.2 Å². The van der Waals surface area contributed by atoms with Crippen LogP contribution in [0.4, 0.5) is 0 Å². The standard InChI is InChI=1S/C10H16N2O2/c13-9(12-1-3-14-4-2-12)10-5-8(10)6-11-7-10/h8,11H,1-7H2. The van der Waals surface area contributed by atoms with Gasteiger partial charge in [-0.05, 0) is 18.9 Å². The number of carbonyl (C=O) groups is 1. The van der Waals surface area contributed by atoms with Gasteiger partial charge in [-0.15, -0.1) is 0 Å². The second-order valence-electron chi connectivity index (χ2n) is 4.59. The molecule has 1 saturated carbocycles. The Labute approximate surface area is 83.6 Å². The number of ether oxygens (including phenoxy) is 1. The summed E-state index contributed by atoms with van der Waals surface area (Å²) in [5.74, 6) is 0.994. The third kappa shape index (κ3) is 1.10. The van der Waals surface area contributed by atoms with Crippen LogP contribution < -0.4 is 5.32 Å². The van der Waals surface area contributed by atoms with Gasteiger partial charge in [-0.25, -0.2) is 0 Å². The van der Waals surface area contributed by atoms with Crippen LogP contribution in [0.25, 0.3) is 0 Å². The lowest BCUT2D eigenvalue weighted by Crippen LogP contribution is -2.45. The van der Waals surface area contributed by atoms with E-state index in [0.29, 0.717) is 25.0 Å². The van der Waals surface area contributed by atoms with Crippen LogP contribution in [-0.2, 0) is 9.53 Å². The van der Waals surface area contributed by atoms with Gasteiger partial charge in [0.15, 0.2) is 0 Å². The van der Waals surface area contributed by atoms with Gasteiger partial charge in [0.25, 0.3) is 0 Å². The van der Waals surface area contributed by atoms with Crippen LogP contribution in [0.1, 0.15) is 6.42 Å². The third-order valence-corrected chi connectivity index (χ3v) is 3.79. The zero-order valence-corrected chi connectivity index (χ0v) is 8.29. The lowest BCUT2D eigenvalue weighted by Gasteiger charge is -2.29. The van der Waals surface area contributed by atoms with Crippen molar-refractivity contribution in [3.63, 3.8) is 0 Å². The molecule has 0 radical (unpaired) electrons. The molecule has 1 amide bonds. The van der Waals surface area contributed by atoms with Gasteiger partial charge in [0.05, 0.1) is 18.6 Å². The van der Waals surface area contributed by atoms with Crippen LogP contribution >= 0.6 is 0 Å². The Hall–Kier alpha value is -0.610. The van der Waals surface area contributed by atoms with Crippen molar-refractivity contribution in [3.8, 4) is 0 Å². The summed E-state index contributed by atoms with van der Waals surface area (Å²) < 4.78 is 5.25. The second-order valence-corrected chi connectivity index (χ2v) is 4.59. The quantitative estimate of drug-likeness (QED) is 0.612. The number of morpholine rings is 1. The van der Waals surface area contributed by atoms with Gasteiger partial charge in [0, 0.05) is 19.6 Å². The number of nitrogens with one attached hydrogen (secondary N) is 1. The molecule has 0 aromatic heterocycles. The molecular formula is C10H16N2O2. The second kappa shape index (κ2) is 2.94. The summed E-state index contributed by atoms with van der Waals surface area (Å²) >= 11 is 0. The van der Waals surface area contributed by atoms with Crippen molar-refractivity contribution in [1.82, 2.24) is 10.2 Å². The first-order chi connectivity index (χ1) is 6.83. The SMILES string of the molecule is O=C(N1CCOCC1)C12CNCC1C2. The maximum absolute atomic E-state index is 12.2. The van der Waals surface area contributed by atoms with Gasteiger partial charge in [-0.2, -0.15) is 0 Å². The van der Waals surface area contributed by atoms with Crippen molar-refractivity contribution in [2.24, 2.45) is 11.3 Å². The molecule has 4 heteroatoms. The summed E-state index contributed by atoms with van der Waals surface area (Å²) in [5, 5.41) is 3.30. The Bertz CT molecular complexity index is 263. The minimum Gasteiger partial charge on any atom is -0.378 e. The summed E-state index contributed by atoms with van der Waals surface area (Å²) in [6.45, 7) is 4.92. The molecule has 1 aliphatic carbocycles. The molecule has 0 aromatic carbocycles. The Kier molecular flexibility index (Phi) is 1.82. The Morgan fingerprint density at radius 1 is 1.43 bits per heavy atom. The molecule has 3 fully saturated rings. The number of piperidine rings is 1. The fourth-order valence-corrected chi connectivity index (χ4v) is 2.75. The molecule has 3 rings (SSSR count). The Balaban J connectivity index is 1.70. The summed E-state index contributed by atoms with van der Waals surface area (Å²) in [6.07, 6.45) is 1.11. The maximum atomic E-state index is 12.2. The molecule has 4 nitrogen and oxygen atoms in total. The molecular weight excluding hydrogens is 180 g/mol. The van der Waals surface area contributed by atoms with Crippen molar-refractivity contribution in [3.05, 3.63) is 0 Å². The molecule has 2 aliphatic heterocycles. The summed E-state index contributed by atoms with van der Waals surface area (Å²) in [5.41, 5.74) is -0.00264. The average molecular weight is 196 g/mol. The van der Waals surface area contributed by atoms with E-state index in [1.54, 1.807) is 0 Å². The summed E-state index contributed by atoms with van der Waals surface area (Å²) in [6, 6.07) is 0. The fraction of sp³-hybridized carbons (Fsp3) is 0.900. The molecule has 0 bridgehead atoms. The highest BCUT2D eigenvalue weighted by Crippen LogP contribution is 2.55. The van der Waals surface area contributed by atoms with E-state index >= 15 is 0 Å². The number of rotatable bonds is 1. The Morgan fingerprint density at radius 3 is 2.79 bits per heavy atom. The molecule has 2 unspecified atom stereocenters. The van der Waals surface area contributed by atoms with Gasteiger partial charge in [0.2, 0.25) is 5.91 Å². The van der Waals surface area contributed by atoms with Crippen molar-refractivity contribution in [2.75, 3.05) is 39.4 Å². The molecule has 1 N–H and O–H groups in total. The number of hydrogen-bond donors (Lipinski definition) is 1. The largest absolute Gasteiger partial charge is 0.378 e. The predicted octanol–water partition coefficient (Wildman–Crippen LogP) is -0.545. The normalized spacial score (nSPS) is 40.9. The minimum absolute atomic E-state index is 0.00264. The zero-order chi connectivity index (χ0) is 9.60. The monoisotopic (exact) mass is 196 g/mol. The lowest BCUT2D eigenvalue weighted by atomic mass is 10.0. The molecule has 78 valence electrons. The zero-order valence-electron chi connectivity index (χ0n) is 8.29. The van der Waals surface area contributed by atoms with E-state index in [-0.39, 0.29) is 5.41 Å². The fourth-order valence-electron chi connectivity index (χ4n) is 2.75. The highest BCUT2D eigenvalue weighted by atomic mass is 16.5. The number of hydrogen-bond acceptors (Lipinski definition) is 3. The molecule has 14 heavy (non-hydrogen) atoms. The van der Waals surface area contributed by atoms with E-state index in [0.717, 1.165) is 32.6 Å². The van der Waals surface area contributed by atoms with Gasteiger partial charge in [-0.1, -0.05) is 0 Å². The van der Waals surface area contributed by atoms with Crippen LogP contribution in [0.5, 0.6) is 0 Å². The number of fused-ring (bicyclic) bond motifs is 1. The van der Waals surface area contributed by atoms with Crippen molar-refractivity contribution >= 4 is 5.91 Å². The Morgan fingerprint density at radius 2 is 2.21 bits per heavy atom. The molecule has 0 spiro atoms. The van der Waals surface area contributed by atoms with Crippen molar-refractivity contribution < 1.29 is 9.53 Å². The highest BCUT2D eigenvalue weighted by molar-refractivity contribution is 5.87. The van der Waals surface area contributed by atoms with E-state index in [4.69, 9.17) is 4.74 Å². The molecule has 2 heterocycles. The predicted molar refractivity (Wildman–Crippen MR) is 50.8 cm³/mol. The van der Waals surface area contributed by atoms with Crippen molar-refractivity contribution in [2.45, 2.75) is 6.42 Å². The number of nitrogens with zero attached hydrogens (tertiary/aromatic N) is 1.